The van der Waals surface area contributed by atoms with Crippen LogP contribution >= 0.6 is 11.8 Å². The Bertz CT molecular complexity index is 606. The van der Waals surface area contributed by atoms with Crippen LogP contribution in [-0.2, 0) is 9.59 Å². The Hall–Kier alpha value is -1.88. The largest absolute Gasteiger partial charge is 0.289 e. The highest BCUT2D eigenvalue weighted by Crippen LogP contribution is 2.39. The van der Waals surface area contributed by atoms with Crippen molar-refractivity contribution in [3.8, 4) is 0 Å². The van der Waals surface area contributed by atoms with E-state index >= 15 is 0 Å². The summed E-state index contributed by atoms with van der Waals surface area (Å²) in [6, 6.07) is 8.96. The predicted octanol–water partition coefficient (Wildman–Crippen LogP) is 1.68. The number of hydrogen-bond donors (Lipinski definition) is 1. The van der Waals surface area contributed by atoms with E-state index in [9.17, 15) is 14.4 Å². The molecule has 2 aliphatic rings. The number of benzene rings is 1. The minimum Gasteiger partial charge on any atom is -0.289 e. The molecule has 1 aliphatic heterocycles. The molecule has 0 fully saturated rings. The lowest BCUT2D eigenvalue weighted by Gasteiger charge is -2.10. The Morgan fingerprint density at radius 3 is 2.63 bits per heavy atom. The average Bonchev–Trinajstić information content (AvgIpc) is 2.94. The van der Waals surface area contributed by atoms with Gasteiger partial charge in [0.1, 0.15) is 0 Å². The van der Waals surface area contributed by atoms with E-state index in [1.807, 2.05) is 6.07 Å². The highest BCUT2D eigenvalue weighted by atomic mass is 32.2. The second kappa shape index (κ2) is 4.66. The maximum Gasteiger partial charge on any atom is 0.255 e. The van der Waals surface area contributed by atoms with Crippen LogP contribution in [0.3, 0.4) is 0 Å². The first-order valence-electron chi connectivity index (χ1n) is 6.01. The van der Waals surface area contributed by atoms with Gasteiger partial charge in [-0.05, 0) is 12.8 Å². The number of hydrogen-bond acceptors (Lipinski definition) is 4. The van der Waals surface area contributed by atoms with Gasteiger partial charge in [-0.2, -0.15) is 0 Å². The zero-order valence-electron chi connectivity index (χ0n) is 10.0. The highest BCUT2D eigenvalue weighted by molar-refractivity contribution is 8.14. The Balaban J connectivity index is 1.79. The van der Waals surface area contributed by atoms with Gasteiger partial charge in [0.25, 0.3) is 11.8 Å². The van der Waals surface area contributed by atoms with Crippen LogP contribution in [0.5, 0.6) is 0 Å². The van der Waals surface area contributed by atoms with Crippen molar-refractivity contribution < 1.29 is 14.4 Å². The van der Waals surface area contributed by atoms with E-state index in [0.29, 0.717) is 29.6 Å². The van der Waals surface area contributed by atoms with Crippen molar-refractivity contribution >= 4 is 28.7 Å². The fraction of sp³-hybridized carbons (Fsp3) is 0.214. The molecule has 1 unspecified atom stereocenters. The summed E-state index contributed by atoms with van der Waals surface area (Å²) in [4.78, 5) is 35.3. The van der Waals surface area contributed by atoms with Crippen LogP contribution in [0, 0.1) is 0 Å². The van der Waals surface area contributed by atoms with Crippen LogP contribution in [0.15, 0.2) is 41.5 Å². The Morgan fingerprint density at radius 1 is 1.16 bits per heavy atom. The Morgan fingerprint density at radius 2 is 1.89 bits per heavy atom. The molecule has 0 radical (unpaired) electrons. The van der Waals surface area contributed by atoms with Crippen molar-refractivity contribution in [1.29, 1.82) is 0 Å². The summed E-state index contributed by atoms with van der Waals surface area (Å²) in [6.07, 6.45) is 1.25. The number of carbonyl (C=O) groups is 3. The van der Waals surface area contributed by atoms with Crippen molar-refractivity contribution in [3.63, 3.8) is 0 Å². The van der Waals surface area contributed by atoms with Gasteiger partial charge in [-0.3, -0.25) is 19.7 Å². The van der Waals surface area contributed by atoms with Crippen molar-refractivity contribution in [3.05, 3.63) is 47.0 Å². The molecular weight excluding hydrogens is 262 g/mol. The summed E-state index contributed by atoms with van der Waals surface area (Å²) in [5.41, 5.74) is 1.67. The van der Waals surface area contributed by atoms with Gasteiger partial charge in [0, 0.05) is 22.0 Å². The normalized spacial score (nSPS) is 21.6. The van der Waals surface area contributed by atoms with Crippen LogP contribution in [0.2, 0.25) is 0 Å². The third-order valence-electron chi connectivity index (χ3n) is 3.31. The van der Waals surface area contributed by atoms with E-state index in [4.69, 9.17) is 0 Å². The first-order chi connectivity index (χ1) is 9.16. The number of nitrogens with one attached hydrogen (secondary N) is 1. The third kappa shape index (κ3) is 2.10. The van der Waals surface area contributed by atoms with Crippen LogP contribution < -0.4 is 5.32 Å². The molecule has 1 N–H and O–H groups in total. The number of carbonyl (C=O) groups excluding carboxylic acids is 3. The van der Waals surface area contributed by atoms with Gasteiger partial charge >= 0.3 is 0 Å². The van der Waals surface area contributed by atoms with E-state index in [1.54, 1.807) is 24.3 Å². The summed E-state index contributed by atoms with van der Waals surface area (Å²) < 4.78 is 0. The van der Waals surface area contributed by atoms with E-state index in [-0.39, 0.29) is 22.2 Å². The molecule has 1 aromatic carbocycles. The van der Waals surface area contributed by atoms with Crippen LogP contribution in [-0.4, -0.2) is 22.2 Å². The molecule has 0 aromatic heterocycles. The van der Waals surface area contributed by atoms with Gasteiger partial charge in [0.2, 0.25) is 5.12 Å². The summed E-state index contributed by atoms with van der Waals surface area (Å²) in [5, 5.41) is 2.02. The number of rotatable bonds is 2. The van der Waals surface area contributed by atoms with Crippen molar-refractivity contribution in [1.82, 2.24) is 5.32 Å². The standard InChI is InChI=1S/C14H11NO3S/c16-12-9-6-7-10(11(9)13(17)15-12)19-14(18)8-4-2-1-3-5-8/h1-5,10H,6-7H2,(H,15,16,17). The van der Waals surface area contributed by atoms with Crippen molar-refractivity contribution in [2.75, 3.05) is 0 Å². The highest BCUT2D eigenvalue weighted by Gasteiger charge is 2.40. The number of amides is 2. The SMILES string of the molecule is O=C1NC(=O)C2=C1CCC2SC(=O)c1ccccc1. The maximum atomic E-state index is 12.1. The molecule has 0 saturated heterocycles. The maximum absolute atomic E-state index is 12.1. The Labute approximate surface area is 114 Å². The van der Waals surface area contributed by atoms with Gasteiger partial charge < -0.3 is 0 Å². The molecule has 19 heavy (non-hydrogen) atoms. The van der Waals surface area contributed by atoms with Gasteiger partial charge in [-0.15, -0.1) is 0 Å². The molecule has 1 aromatic rings. The topological polar surface area (TPSA) is 63.2 Å². The zero-order valence-corrected chi connectivity index (χ0v) is 10.8. The number of thioether (sulfide) groups is 1. The van der Waals surface area contributed by atoms with Crippen LogP contribution in [0.25, 0.3) is 0 Å². The summed E-state index contributed by atoms with van der Waals surface area (Å²) in [6.45, 7) is 0. The van der Waals surface area contributed by atoms with Crippen molar-refractivity contribution in [2.45, 2.75) is 18.1 Å². The minimum atomic E-state index is -0.337. The molecular formula is C14H11NO3S. The zero-order chi connectivity index (χ0) is 13.4. The first-order valence-corrected chi connectivity index (χ1v) is 6.89. The van der Waals surface area contributed by atoms with Crippen molar-refractivity contribution in [2.24, 2.45) is 0 Å². The molecule has 4 nitrogen and oxygen atoms in total. The molecule has 1 heterocycles. The lowest BCUT2D eigenvalue weighted by atomic mass is 10.2. The average molecular weight is 273 g/mol. The first kappa shape index (κ1) is 12.2. The number of imide groups is 1. The molecule has 5 heteroatoms. The molecule has 0 bridgehead atoms. The lowest BCUT2D eigenvalue weighted by Crippen LogP contribution is -2.27. The molecule has 0 spiro atoms. The van der Waals surface area contributed by atoms with Crippen LogP contribution in [0.1, 0.15) is 23.2 Å². The van der Waals surface area contributed by atoms with E-state index in [2.05, 4.69) is 5.32 Å². The second-order valence-electron chi connectivity index (χ2n) is 4.47. The van der Waals surface area contributed by atoms with E-state index in [1.165, 1.54) is 0 Å². The molecule has 0 saturated carbocycles. The molecule has 3 rings (SSSR count). The quantitative estimate of drug-likeness (QED) is 0.833. The van der Waals surface area contributed by atoms with Gasteiger partial charge in [0.05, 0.1) is 0 Å². The smallest absolute Gasteiger partial charge is 0.255 e. The monoisotopic (exact) mass is 273 g/mol. The predicted molar refractivity (Wildman–Crippen MR) is 71.6 cm³/mol. The van der Waals surface area contributed by atoms with Crippen LogP contribution in [0.4, 0.5) is 0 Å². The summed E-state index contributed by atoms with van der Waals surface area (Å²) in [7, 11) is 0. The molecule has 1 aliphatic carbocycles. The fourth-order valence-electron chi connectivity index (χ4n) is 2.40. The second-order valence-corrected chi connectivity index (χ2v) is 5.65. The molecule has 96 valence electrons. The van der Waals surface area contributed by atoms with Gasteiger partial charge in [-0.1, -0.05) is 42.1 Å². The molecule has 1 atom stereocenters. The summed E-state index contributed by atoms with van der Waals surface area (Å²) >= 11 is 1.13. The van der Waals surface area contributed by atoms with Gasteiger partial charge in [0.15, 0.2) is 0 Å². The Kier molecular flexibility index (Phi) is 2.98. The van der Waals surface area contributed by atoms with E-state index < -0.39 is 0 Å². The van der Waals surface area contributed by atoms with E-state index in [0.717, 1.165) is 11.8 Å². The van der Waals surface area contributed by atoms with Gasteiger partial charge in [-0.25, -0.2) is 0 Å². The molecule has 2 amide bonds. The summed E-state index contributed by atoms with van der Waals surface area (Å²) in [5.74, 6) is -0.633. The lowest BCUT2D eigenvalue weighted by molar-refractivity contribution is -0.124. The minimum absolute atomic E-state index is 0.0634. The fourth-order valence-corrected chi connectivity index (χ4v) is 3.54. The third-order valence-corrected chi connectivity index (χ3v) is 4.51.